The fraction of sp³-hybridized carbons (Fsp3) is 0.250. The van der Waals surface area contributed by atoms with E-state index in [4.69, 9.17) is 11.6 Å². The van der Waals surface area contributed by atoms with E-state index in [0.717, 1.165) is 11.1 Å². The van der Waals surface area contributed by atoms with Crippen molar-refractivity contribution < 1.29 is 0 Å². The van der Waals surface area contributed by atoms with Crippen molar-refractivity contribution in [2.75, 3.05) is 0 Å². The number of hydrogen-bond acceptors (Lipinski definition) is 4. The zero-order valence-corrected chi connectivity index (χ0v) is 8.52. The molecule has 0 atom stereocenters. The molecular weight excluding hydrogens is 202 g/mol. The van der Waals surface area contributed by atoms with E-state index in [2.05, 4.69) is 20.3 Å². The summed E-state index contributed by atoms with van der Waals surface area (Å²) in [6, 6.07) is 0. The highest BCUT2D eigenvalue weighted by molar-refractivity contribution is 6.30. The maximum atomic E-state index is 5.83. The van der Waals surface area contributed by atoms with E-state index in [-0.39, 0.29) is 0 Å². The molecule has 2 aromatic heterocycles. The van der Waals surface area contributed by atoms with E-state index in [1.165, 1.54) is 6.33 Å². The van der Waals surface area contributed by atoms with Crippen LogP contribution in [0.3, 0.4) is 0 Å². The van der Waals surface area contributed by atoms with Gasteiger partial charge in [0.25, 0.3) is 0 Å². The van der Waals surface area contributed by atoms with Crippen molar-refractivity contribution >= 4 is 11.6 Å². The molecule has 0 radical (unpaired) electrons. The second kappa shape index (κ2) is 3.34. The van der Waals surface area contributed by atoms with E-state index in [1.807, 2.05) is 13.8 Å². The Hall–Kier alpha value is -1.49. The minimum absolute atomic E-state index is 0.423. The second-order valence-corrected chi connectivity index (χ2v) is 3.26. The Labute approximate surface area is 85.8 Å². The molecule has 0 saturated heterocycles. The van der Waals surface area contributed by atoms with Gasteiger partial charge in [-0.15, -0.1) is 10.2 Å². The average Bonchev–Trinajstić information content (AvgIpc) is 2.67. The Morgan fingerprint density at radius 2 is 2.00 bits per heavy atom. The lowest BCUT2D eigenvalue weighted by molar-refractivity contribution is 0.798. The second-order valence-electron chi connectivity index (χ2n) is 2.90. The highest BCUT2D eigenvalue weighted by Crippen LogP contribution is 2.18. The van der Waals surface area contributed by atoms with Crippen LogP contribution in [0.2, 0.25) is 5.15 Å². The van der Waals surface area contributed by atoms with Gasteiger partial charge in [0.05, 0.1) is 0 Å². The third-order valence-corrected chi connectivity index (χ3v) is 2.43. The molecule has 2 aromatic rings. The zero-order chi connectivity index (χ0) is 10.1. The van der Waals surface area contributed by atoms with Crippen LogP contribution in [0.25, 0.3) is 5.82 Å². The number of rotatable bonds is 1. The molecule has 5 nitrogen and oxygen atoms in total. The number of nitrogens with zero attached hydrogens (tertiary/aromatic N) is 5. The van der Waals surface area contributed by atoms with Crippen LogP contribution >= 0.6 is 11.6 Å². The fourth-order valence-corrected chi connectivity index (χ4v) is 1.28. The van der Waals surface area contributed by atoms with Crippen molar-refractivity contribution in [1.82, 2.24) is 25.0 Å². The van der Waals surface area contributed by atoms with Gasteiger partial charge in [0.2, 0.25) is 0 Å². The van der Waals surface area contributed by atoms with Gasteiger partial charge in [-0.2, -0.15) is 5.10 Å². The van der Waals surface area contributed by atoms with Crippen LogP contribution in [-0.4, -0.2) is 25.0 Å². The molecule has 0 unspecified atom stereocenters. The summed E-state index contributed by atoms with van der Waals surface area (Å²) in [6.45, 7) is 3.82. The predicted molar refractivity (Wildman–Crippen MR) is 51.4 cm³/mol. The first-order chi connectivity index (χ1) is 6.70. The summed E-state index contributed by atoms with van der Waals surface area (Å²) in [4.78, 5) is 3.84. The summed E-state index contributed by atoms with van der Waals surface area (Å²) in [6.07, 6.45) is 3.02. The van der Waals surface area contributed by atoms with E-state index in [1.54, 1.807) is 11.0 Å². The maximum absolute atomic E-state index is 5.83. The maximum Gasteiger partial charge on any atom is 0.180 e. The van der Waals surface area contributed by atoms with Gasteiger partial charge in [0.1, 0.15) is 12.7 Å². The van der Waals surface area contributed by atoms with Crippen molar-refractivity contribution in [2.45, 2.75) is 13.8 Å². The Balaban J connectivity index is 2.61. The van der Waals surface area contributed by atoms with E-state index >= 15 is 0 Å². The fourth-order valence-electron chi connectivity index (χ4n) is 1.10. The van der Waals surface area contributed by atoms with Gasteiger partial charge in [0, 0.05) is 5.56 Å². The Bertz CT molecular complexity index is 451. The summed E-state index contributed by atoms with van der Waals surface area (Å²) in [7, 11) is 0. The van der Waals surface area contributed by atoms with E-state index < -0.39 is 0 Å². The van der Waals surface area contributed by atoms with Gasteiger partial charge in [-0.25, -0.2) is 9.67 Å². The largest absolute Gasteiger partial charge is 0.223 e. The SMILES string of the molecule is Cc1c(Cl)nnc(-n2cncn2)c1C. The molecule has 2 heterocycles. The summed E-state index contributed by atoms with van der Waals surface area (Å²) in [5, 5.41) is 12.2. The zero-order valence-electron chi connectivity index (χ0n) is 7.77. The molecular formula is C8H8ClN5. The first-order valence-electron chi connectivity index (χ1n) is 4.04. The van der Waals surface area contributed by atoms with Crippen LogP contribution in [0.4, 0.5) is 0 Å². The van der Waals surface area contributed by atoms with Gasteiger partial charge >= 0.3 is 0 Å². The molecule has 0 fully saturated rings. The van der Waals surface area contributed by atoms with Crippen LogP contribution in [0.5, 0.6) is 0 Å². The third kappa shape index (κ3) is 1.35. The Morgan fingerprint density at radius 3 is 2.64 bits per heavy atom. The van der Waals surface area contributed by atoms with Crippen LogP contribution in [0.1, 0.15) is 11.1 Å². The molecule has 0 aliphatic carbocycles. The van der Waals surface area contributed by atoms with E-state index in [9.17, 15) is 0 Å². The molecule has 0 aromatic carbocycles. The summed E-state index contributed by atoms with van der Waals surface area (Å²) >= 11 is 5.83. The van der Waals surface area contributed by atoms with Gasteiger partial charge in [-0.3, -0.25) is 0 Å². The molecule has 0 amide bonds. The smallest absolute Gasteiger partial charge is 0.180 e. The van der Waals surface area contributed by atoms with Crippen LogP contribution < -0.4 is 0 Å². The molecule has 14 heavy (non-hydrogen) atoms. The number of halogens is 1. The highest BCUT2D eigenvalue weighted by Gasteiger charge is 2.09. The first-order valence-corrected chi connectivity index (χ1v) is 4.42. The van der Waals surface area contributed by atoms with Gasteiger partial charge in [-0.1, -0.05) is 11.6 Å². The number of aromatic nitrogens is 5. The third-order valence-electron chi connectivity index (χ3n) is 2.08. The lowest BCUT2D eigenvalue weighted by Crippen LogP contribution is -2.05. The molecule has 0 saturated carbocycles. The summed E-state index contributed by atoms with van der Waals surface area (Å²) < 4.78 is 1.56. The monoisotopic (exact) mass is 209 g/mol. The topological polar surface area (TPSA) is 56.5 Å². The molecule has 0 spiro atoms. The minimum atomic E-state index is 0.423. The Kier molecular flexibility index (Phi) is 2.17. The molecule has 2 rings (SSSR count). The summed E-state index contributed by atoms with van der Waals surface area (Å²) in [5.74, 6) is 0.657. The first kappa shape index (κ1) is 9.08. The molecule has 0 aliphatic heterocycles. The molecule has 0 aliphatic rings. The molecule has 72 valence electrons. The van der Waals surface area contributed by atoms with Crippen molar-refractivity contribution in [2.24, 2.45) is 0 Å². The van der Waals surface area contributed by atoms with Crippen molar-refractivity contribution in [3.8, 4) is 5.82 Å². The quantitative estimate of drug-likeness (QED) is 0.711. The standard InChI is InChI=1S/C8H8ClN5/c1-5-6(2)8(13-12-7(5)9)14-4-10-3-11-14/h3-4H,1-2H3. The number of hydrogen-bond donors (Lipinski definition) is 0. The van der Waals surface area contributed by atoms with Gasteiger partial charge in [0.15, 0.2) is 11.0 Å². The van der Waals surface area contributed by atoms with Crippen molar-refractivity contribution in [3.63, 3.8) is 0 Å². The minimum Gasteiger partial charge on any atom is -0.223 e. The highest BCUT2D eigenvalue weighted by atomic mass is 35.5. The van der Waals surface area contributed by atoms with Crippen LogP contribution in [-0.2, 0) is 0 Å². The lowest BCUT2D eigenvalue weighted by Gasteiger charge is -2.06. The van der Waals surface area contributed by atoms with Crippen molar-refractivity contribution in [1.29, 1.82) is 0 Å². The van der Waals surface area contributed by atoms with Crippen LogP contribution in [0.15, 0.2) is 12.7 Å². The van der Waals surface area contributed by atoms with Gasteiger partial charge in [-0.05, 0) is 19.4 Å². The van der Waals surface area contributed by atoms with E-state index in [0.29, 0.717) is 11.0 Å². The molecule has 0 bridgehead atoms. The lowest BCUT2D eigenvalue weighted by atomic mass is 10.2. The van der Waals surface area contributed by atoms with Crippen LogP contribution in [0, 0.1) is 13.8 Å². The normalized spacial score (nSPS) is 10.5. The van der Waals surface area contributed by atoms with Crippen molar-refractivity contribution in [3.05, 3.63) is 28.9 Å². The summed E-state index contributed by atoms with van der Waals surface area (Å²) in [5.41, 5.74) is 1.86. The predicted octanol–water partition coefficient (Wildman–Crippen LogP) is 1.33. The Morgan fingerprint density at radius 1 is 1.21 bits per heavy atom. The molecule has 0 N–H and O–H groups in total. The van der Waals surface area contributed by atoms with Gasteiger partial charge < -0.3 is 0 Å². The average molecular weight is 210 g/mol. The molecule has 6 heteroatoms.